The number of hydrogen-bond acceptors (Lipinski definition) is 7. The number of ether oxygens (including phenoxy) is 1. The summed E-state index contributed by atoms with van der Waals surface area (Å²) in [6, 6.07) is 6.65. The van der Waals surface area contributed by atoms with Gasteiger partial charge in [-0.1, -0.05) is 29.8 Å². The van der Waals surface area contributed by atoms with E-state index in [2.05, 4.69) is 20.5 Å². The summed E-state index contributed by atoms with van der Waals surface area (Å²) in [7, 11) is 1.33. The first-order valence-electron chi connectivity index (χ1n) is 13.5. The fourth-order valence-corrected chi connectivity index (χ4v) is 4.50. The van der Waals surface area contributed by atoms with Crippen molar-refractivity contribution in [2.45, 2.75) is 38.4 Å². The van der Waals surface area contributed by atoms with Gasteiger partial charge in [0, 0.05) is 24.4 Å². The molecular formula is C28H26ClF6N9O3. The van der Waals surface area contributed by atoms with Gasteiger partial charge in [-0.3, -0.25) is 15.1 Å². The Hall–Kier alpha value is -5.13. The van der Waals surface area contributed by atoms with Gasteiger partial charge in [-0.25, -0.2) is 36.7 Å². The highest BCUT2D eigenvalue weighted by molar-refractivity contribution is 6.32. The molecule has 19 heteroatoms. The fraction of sp³-hybridized carbons (Fsp3) is 0.286. The van der Waals surface area contributed by atoms with E-state index < -0.39 is 61.9 Å². The van der Waals surface area contributed by atoms with Crippen LogP contribution in [0.15, 0.2) is 61.2 Å². The molecule has 12 nitrogen and oxygen atoms in total. The second kappa shape index (κ2) is 15.0. The largest absolute Gasteiger partial charge is 0.447 e. The Bertz CT molecular complexity index is 1720. The first kappa shape index (κ1) is 34.7. The lowest BCUT2D eigenvalue weighted by Crippen LogP contribution is -2.47. The minimum atomic E-state index is -3.04. The Kier molecular flexibility index (Phi) is 11.1. The molecule has 0 saturated carbocycles. The van der Waals surface area contributed by atoms with Gasteiger partial charge in [0.1, 0.15) is 12.9 Å². The van der Waals surface area contributed by atoms with Gasteiger partial charge in [-0.15, -0.1) is 0 Å². The maximum absolute atomic E-state index is 14.0. The topological polar surface area (TPSA) is 143 Å². The molecule has 2 heterocycles. The average Bonchev–Trinajstić information content (AvgIpc) is 3.74. The Morgan fingerprint density at radius 2 is 1.74 bits per heavy atom. The van der Waals surface area contributed by atoms with Gasteiger partial charge in [-0.2, -0.15) is 19.0 Å². The Labute approximate surface area is 267 Å². The van der Waals surface area contributed by atoms with Crippen LogP contribution in [0.25, 0.3) is 16.8 Å². The minimum Gasteiger partial charge on any atom is -0.447 e. The predicted octanol–water partition coefficient (Wildman–Crippen LogP) is 5.83. The molecule has 2 aromatic carbocycles. The van der Waals surface area contributed by atoms with Crippen LogP contribution in [-0.2, 0) is 4.74 Å². The van der Waals surface area contributed by atoms with Crippen molar-refractivity contribution in [1.29, 1.82) is 5.41 Å². The number of alkyl halides is 6. The van der Waals surface area contributed by atoms with Crippen molar-refractivity contribution in [2.75, 3.05) is 13.7 Å². The summed E-state index contributed by atoms with van der Waals surface area (Å²) >= 11 is 6.31. The van der Waals surface area contributed by atoms with E-state index in [9.17, 15) is 35.9 Å². The molecule has 2 amide bonds. The zero-order chi connectivity index (χ0) is 34.4. The van der Waals surface area contributed by atoms with Gasteiger partial charge < -0.3 is 15.4 Å². The number of nitrogens with one attached hydrogen (secondary N) is 3. The number of guanidine groups is 1. The van der Waals surface area contributed by atoms with Crippen LogP contribution in [0.5, 0.6) is 0 Å². The van der Waals surface area contributed by atoms with Crippen molar-refractivity contribution < 1.29 is 40.7 Å². The lowest BCUT2D eigenvalue weighted by molar-refractivity contribution is 0.0566. The Morgan fingerprint density at radius 1 is 1.04 bits per heavy atom. The van der Waals surface area contributed by atoms with Gasteiger partial charge in [0.2, 0.25) is 0 Å². The zero-order valence-corrected chi connectivity index (χ0v) is 25.2. The lowest BCUT2D eigenvalue weighted by Gasteiger charge is -2.32. The van der Waals surface area contributed by atoms with E-state index in [-0.39, 0.29) is 21.8 Å². The van der Waals surface area contributed by atoms with E-state index in [4.69, 9.17) is 21.7 Å². The van der Waals surface area contributed by atoms with Crippen molar-refractivity contribution in [2.24, 2.45) is 0 Å². The summed E-state index contributed by atoms with van der Waals surface area (Å²) in [6.07, 6.45) is -4.00. The van der Waals surface area contributed by atoms with Gasteiger partial charge >= 0.3 is 12.6 Å². The zero-order valence-electron chi connectivity index (χ0n) is 24.4. The van der Waals surface area contributed by atoms with Crippen LogP contribution in [0, 0.1) is 5.41 Å². The number of amides is 2. The van der Waals surface area contributed by atoms with Gasteiger partial charge in [0.15, 0.2) is 11.8 Å². The third-order valence-corrected chi connectivity index (χ3v) is 7.04. The average molecular weight is 686 g/mol. The minimum absolute atomic E-state index is 0.00113. The van der Waals surface area contributed by atoms with Crippen LogP contribution in [0.1, 0.15) is 47.7 Å². The summed E-state index contributed by atoms with van der Waals surface area (Å²) in [5.74, 6) is -2.07. The molecule has 4 rings (SSSR count). The van der Waals surface area contributed by atoms with E-state index in [0.717, 1.165) is 29.0 Å². The van der Waals surface area contributed by atoms with E-state index in [1.807, 2.05) is 5.32 Å². The summed E-state index contributed by atoms with van der Waals surface area (Å²) in [5, 5.41) is 20.4. The van der Waals surface area contributed by atoms with Crippen molar-refractivity contribution in [1.82, 2.24) is 40.1 Å². The lowest BCUT2D eigenvalue weighted by atomic mass is 10.0. The predicted molar refractivity (Wildman–Crippen MR) is 156 cm³/mol. The van der Waals surface area contributed by atoms with E-state index in [1.165, 1.54) is 55.7 Å². The first-order valence-corrected chi connectivity index (χ1v) is 13.9. The summed E-state index contributed by atoms with van der Waals surface area (Å²) in [5.41, 5.74) is 0.804. The molecule has 0 aliphatic heterocycles. The highest BCUT2D eigenvalue weighted by atomic mass is 35.5. The molecule has 3 N–H and O–H groups in total. The number of carbonyl (C=O) groups excluding carboxylic acids is 2. The molecule has 0 radical (unpaired) electrons. The van der Waals surface area contributed by atoms with Gasteiger partial charge in [0.25, 0.3) is 18.8 Å². The summed E-state index contributed by atoms with van der Waals surface area (Å²) in [4.78, 5) is 30.8. The number of halogens is 7. The quantitative estimate of drug-likeness (QED) is 0.102. The van der Waals surface area contributed by atoms with Crippen LogP contribution in [-0.4, -0.2) is 73.5 Å². The van der Waals surface area contributed by atoms with E-state index in [0.29, 0.717) is 15.8 Å². The molecule has 1 unspecified atom stereocenters. The van der Waals surface area contributed by atoms with E-state index >= 15 is 0 Å². The van der Waals surface area contributed by atoms with Crippen molar-refractivity contribution >= 4 is 29.6 Å². The standard InChI is InChI=1S/C28H26ClF6N9O3/c1-14(22(30)31)41-28(46)47-12-21(17-7-8-19(29)20(9-17)44-24(23(32)33)38-13-40-44)43(27(36)37-2)25(45)16-5-3-15(4-6-16)18-10-39-42(11-18)26(34)35/h3-11,13-14,21-23,26H,12H2,1-2H3,(H2,36,37)(H,41,46)/t14?,21-/m1/s1. The van der Waals surface area contributed by atoms with Crippen molar-refractivity contribution in [3.8, 4) is 16.8 Å². The number of benzene rings is 2. The summed E-state index contributed by atoms with van der Waals surface area (Å²) < 4.78 is 85.7. The number of hydrogen-bond donors (Lipinski definition) is 3. The van der Waals surface area contributed by atoms with Crippen LogP contribution >= 0.6 is 11.6 Å². The molecule has 4 aromatic rings. The third-order valence-electron chi connectivity index (χ3n) is 6.72. The first-order chi connectivity index (χ1) is 22.3. The Balaban J connectivity index is 1.75. The van der Waals surface area contributed by atoms with Crippen molar-refractivity contribution in [3.05, 3.63) is 83.2 Å². The molecule has 0 aliphatic rings. The number of carbonyl (C=O) groups is 2. The molecule has 2 aromatic heterocycles. The second-order valence-corrected chi connectivity index (χ2v) is 10.2. The smallest absolute Gasteiger partial charge is 0.407 e. The van der Waals surface area contributed by atoms with Gasteiger partial charge in [-0.05, 0) is 42.3 Å². The number of aromatic nitrogens is 5. The molecule has 0 spiro atoms. The van der Waals surface area contributed by atoms with Crippen LogP contribution in [0.2, 0.25) is 5.02 Å². The third kappa shape index (κ3) is 8.00. The fourth-order valence-electron chi connectivity index (χ4n) is 4.31. The van der Waals surface area contributed by atoms with Crippen LogP contribution < -0.4 is 10.6 Å². The second-order valence-electron chi connectivity index (χ2n) is 9.76. The SMILES string of the molecule is CNC(=N)N(C(=O)c1ccc(-c2cnn(C(F)F)c2)cc1)[C@H](COC(=O)NC(C)C(F)F)c1ccc(Cl)c(-n2ncnc2C(F)F)c1. The number of alkyl carbamates (subject to hydrolysis) is 1. The van der Waals surface area contributed by atoms with Crippen LogP contribution in [0.3, 0.4) is 0 Å². The normalized spacial score (nSPS) is 12.7. The molecule has 0 saturated heterocycles. The molecule has 0 fully saturated rings. The number of nitrogens with zero attached hydrogens (tertiary/aromatic N) is 6. The van der Waals surface area contributed by atoms with Gasteiger partial charge in [0.05, 0.1) is 29.0 Å². The molecule has 2 atom stereocenters. The highest BCUT2D eigenvalue weighted by Crippen LogP contribution is 2.31. The summed E-state index contributed by atoms with van der Waals surface area (Å²) in [6.45, 7) is -2.52. The Morgan fingerprint density at radius 3 is 2.34 bits per heavy atom. The monoisotopic (exact) mass is 685 g/mol. The highest BCUT2D eigenvalue weighted by Gasteiger charge is 2.32. The maximum atomic E-state index is 14.0. The van der Waals surface area contributed by atoms with Crippen molar-refractivity contribution in [3.63, 3.8) is 0 Å². The molecular weight excluding hydrogens is 660 g/mol. The molecule has 0 bridgehead atoms. The molecule has 250 valence electrons. The maximum Gasteiger partial charge on any atom is 0.407 e. The van der Waals surface area contributed by atoms with Crippen LogP contribution in [0.4, 0.5) is 31.1 Å². The molecule has 0 aliphatic carbocycles. The number of rotatable bonds is 11. The molecule has 47 heavy (non-hydrogen) atoms. The van der Waals surface area contributed by atoms with E-state index in [1.54, 1.807) is 0 Å².